The van der Waals surface area contributed by atoms with Crippen LogP contribution < -0.4 is 4.90 Å². The molecule has 2 amide bonds. The van der Waals surface area contributed by atoms with E-state index in [1.54, 1.807) is 18.2 Å². The highest BCUT2D eigenvalue weighted by atomic mass is 35.5. The Balaban J connectivity index is 1.64. The summed E-state index contributed by atoms with van der Waals surface area (Å²) in [5, 5.41) is 0.774. The number of rotatable bonds is 2. The number of halogens is 2. The first-order valence-corrected chi connectivity index (χ1v) is 11.3. The molecule has 0 radical (unpaired) electrons. The summed E-state index contributed by atoms with van der Waals surface area (Å²) in [5.74, 6) is -1.38. The van der Waals surface area contributed by atoms with Crippen molar-refractivity contribution in [2.75, 3.05) is 4.90 Å². The molecule has 0 spiro atoms. The highest BCUT2D eigenvalue weighted by Gasteiger charge is 2.67. The summed E-state index contributed by atoms with van der Waals surface area (Å²) in [6.45, 7) is 2.12. The quantitative estimate of drug-likeness (QED) is 0.454. The van der Waals surface area contributed by atoms with E-state index in [0.717, 1.165) is 17.5 Å². The molecule has 4 aliphatic rings. The predicted octanol–water partition coefficient (Wildman–Crippen LogP) is 5.95. The summed E-state index contributed by atoms with van der Waals surface area (Å²) in [4.78, 5) is 29.2. The molecule has 3 aromatic rings. The van der Waals surface area contributed by atoms with E-state index < -0.39 is 17.3 Å². The van der Waals surface area contributed by atoms with Gasteiger partial charge in [-0.2, -0.15) is 0 Å². The topological polar surface area (TPSA) is 37.4 Å². The standard InChI is InChI=1S/C26H19Cl2NO2/c1-2-26-17-9-5-3-7-15(17)21(16-8-4-6-10-18(16)26)22-23(26)25(31)29(24(22)30)20-12-11-14(27)13-19(20)28/h3-13,21-23H,2H2,1H3. The summed E-state index contributed by atoms with van der Waals surface area (Å²) in [6.07, 6.45) is 0.732. The van der Waals surface area contributed by atoms with E-state index >= 15 is 0 Å². The summed E-state index contributed by atoms with van der Waals surface area (Å²) >= 11 is 12.5. The second kappa shape index (κ2) is 6.44. The molecule has 7 rings (SSSR count). The lowest BCUT2D eigenvalue weighted by Gasteiger charge is -2.54. The minimum atomic E-state index is -0.535. The zero-order chi connectivity index (χ0) is 21.5. The second-order valence-corrected chi connectivity index (χ2v) is 9.43. The molecule has 2 bridgehead atoms. The highest BCUT2D eigenvalue weighted by Crippen LogP contribution is 2.65. The average Bonchev–Trinajstić information content (AvgIpc) is 3.05. The Bertz CT molecular complexity index is 1240. The van der Waals surface area contributed by atoms with Gasteiger partial charge in [-0.25, -0.2) is 4.90 Å². The summed E-state index contributed by atoms with van der Waals surface area (Å²) in [7, 11) is 0. The van der Waals surface area contributed by atoms with E-state index in [1.165, 1.54) is 16.0 Å². The van der Waals surface area contributed by atoms with Crippen molar-refractivity contribution >= 4 is 40.7 Å². The molecule has 0 aromatic heterocycles. The SMILES string of the molecule is CCC12c3ccccc3C(c3ccccc31)C1C(=O)N(c3ccc(Cl)cc3Cl)C(=O)C12. The third-order valence-corrected chi connectivity index (χ3v) is 8.04. The first-order valence-electron chi connectivity index (χ1n) is 10.5. The van der Waals surface area contributed by atoms with E-state index in [9.17, 15) is 9.59 Å². The zero-order valence-corrected chi connectivity index (χ0v) is 18.3. The molecule has 2 unspecified atom stereocenters. The van der Waals surface area contributed by atoms with Crippen molar-refractivity contribution in [1.82, 2.24) is 0 Å². The van der Waals surface area contributed by atoms with Gasteiger partial charge in [0, 0.05) is 16.4 Å². The lowest BCUT2D eigenvalue weighted by molar-refractivity contribution is -0.123. The Labute approximate surface area is 190 Å². The lowest BCUT2D eigenvalue weighted by atomic mass is 9.46. The van der Waals surface area contributed by atoms with Crippen molar-refractivity contribution in [2.45, 2.75) is 24.7 Å². The van der Waals surface area contributed by atoms with Crippen LogP contribution in [0.25, 0.3) is 0 Å². The fraction of sp³-hybridized carbons (Fsp3) is 0.231. The smallest absolute Gasteiger partial charge is 0.239 e. The van der Waals surface area contributed by atoms with Gasteiger partial charge in [-0.3, -0.25) is 9.59 Å². The predicted molar refractivity (Wildman–Crippen MR) is 122 cm³/mol. The largest absolute Gasteiger partial charge is 0.274 e. The van der Waals surface area contributed by atoms with Crippen LogP contribution in [0, 0.1) is 11.8 Å². The van der Waals surface area contributed by atoms with E-state index in [0.29, 0.717) is 15.7 Å². The molecular formula is C26H19Cl2NO2. The molecule has 1 fully saturated rings. The molecular weight excluding hydrogens is 429 g/mol. The third kappa shape index (κ3) is 2.21. The average molecular weight is 448 g/mol. The van der Waals surface area contributed by atoms with Gasteiger partial charge in [0.25, 0.3) is 0 Å². The van der Waals surface area contributed by atoms with Crippen molar-refractivity contribution in [3.05, 3.63) is 99.0 Å². The first kappa shape index (κ1) is 19.1. The van der Waals surface area contributed by atoms with Crippen molar-refractivity contribution in [2.24, 2.45) is 11.8 Å². The summed E-state index contributed by atoms with van der Waals surface area (Å²) in [6, 6.07) is 21.5. The number of benzene rings is 3. The Hall–Kier alpha value is -2.62. The Kier molecular flexibility index (Phi) is 3.97. The third-order valence-electron chi connectivity index (χ3n) is 7.50. The normalized spacial score (nSPS) is 27.8. The van der Waals surface area contributed by atoms with Crippen LogP contribution in [0.1, 0.15) is 41.5 Å². The number of hydrogen-bond acceptors (Lipinski definition) is 2. The number of hydrogen-bond donors (Lipinski definition) is 0. The molecule has 154 valence electrons. The van der Waals surface area contributed by atoms with Crippen LogP contribution in [0.5, 0.6) is 0 Å². The van der Waals surface area contributed by atoms with Crippen LogP contribution in [-0.4, -0.2) is 11.8 Å². The fourth-order valence-corrected chi connectivity index (χ4v) is 6.92. The van der Waals surface area contributed by atoms with Gasteiger partial charge in [0.15, 0.2) is 0 Å². The number of anilines is 1. The van der Waals surface area contributed by atoms with Crippen LogP contribution in [0.3, 0.4) is 0 Å². The van der Waals surface area contributed by atoms with E-state index in [2.05, 4.69) is 31.2 Å². The summed E-state index contributed by atoms with van der Waals surface area (Å²) in [5.41, 5.74) is 4.55. The van der Waals surface area contributed by atoms with Gasteiger partial charge in [-0.15, -0.1) is 0 Å². The number of amides is 2. The Morgan fingerprint density at radius 3 is 2.06 bits per heavy atom. The monoisotopic (exact) mass is 447 g/mol. The Morgan fingerprint density at radius 1 is 0.871 bits per heavy atom. The second-order valence-electron chi connectivity index (χ2n) is 8.59. The van der Waals surface area contributed by atoms with Gasteiger partial charge in [0.2, 0.25) is 11.8 Å². The van der Waals surface area contributed by atoms with Crippen molar-refractivity contribution in [3.63, 3.8) is 0 Å². The van der Waals surface area contributed by atoms with E-state index in [4.69, 9.17) is 23.2 Å². The maximum Gasteiger partial charge on any atom is 0.239 e. The maximum absolute atomic E-state index is 14.0. The number of carbonyl (C=O) groups is 2. The van der Waals surface area contributed by atoms with Gasteiger partial charge in [0.05, 0.1) is 22.5 Å². The van der Waals surface area contributed by atoms with Crippen molar-refractivity contribution in [1.29, 1.82) is 0 Å². The molecule has 31 heavy (non-hydrogen) atoms. The number of imide groups is 1. The fourth-order valence-electron chi connectivity index (χ4n) is 6.43. The number of carbonyl (C=O) groups excluding carboxylic acids is 2. The van der Waals surface area contributed by atoms with Gasteiger partial charge >= 0.3 is 0 Å². The number of nitrogens with zero attached hydrogens (tertiary/aromatic N) is 1. The molecule has 1 heterocycles. The van der Waals surface area contributed by atoms with Crippen molar-refractivity contribution in [3.8, 4) is 0 Å². The van der Waals surface area contributed by atoms with Crippen LogP contribution in [-0.2, 0) is 15.0 Å². The van der Waals surface area contributed by atoms with Crippen molar-refractivity contribution < 1.29 is 9.59 Å². The van der Waals surface area contributed by atoms with Crippen LogP contribution in [0.15, 0.2) is 66.7 Å². The zero-order valence-electron chi connectivity index (χ0n) is 16.8. The molecule has 3 nitrogen and oxygen atoms in total. The van der Waals surface area contributed by atoms with Gasteiger partial charge in [-0.05, 0) is 46.9 Å². The molecule has 0 saturated carbocycles. The van der Waals surface area contributed by atoms with Gasteiger partial charge in [-0.1, -0.05) is 78.7 Å². The molecule has 5 heteroatoms. The molecule has 3 aromatic carbocycles. The lowest BCUT2D eigenvalue weighted by Crippen LogP contribution is -2.53. The summed E-state index contributed by atoms with van der Waals surface area (Å²) < 4.78 is 0. The van der Waals surface area contributed by atoms with Crippen LogP contribution in [0.4, 0.5) is 5.69 Å². The molecule has 3 aliphatic carbocycles. The minimum absolute atomic E-state index is 0.140. The van der Waals surface area contributed by atoms with Crippen LogP contribution in [0.2, 0.25) is 10.0 Å². The van der Waals surface area contributed by atoms with E-state index in [-0.39, 0.29) is 17.7 Å². The molecule has 1 saturated heterocycles. The Morgan fingerprint density at radius 2 is 1.48 bits per heavy atom. The van der Waals surface area contributed by atoms with Gasteiger partial charge in [0.1, 0.15) is 0 Å². The molecule has 1 aliphatic heterocycles. The van der Waals surface area contributed by atoms with Crippen LogP contribution >= 0.6 is 23.2 Å². The maximum atomic E-state index is 14.0. The minimum Gasteiger partial charge on any atom is -0.274 e. The first-order chi connectivity index (χ1) is 15.0. The highest BCUT2D eigenvalue weighted by molar-refractivity contribution is 6.38. The molecule has 0 N–H and O–H groups in total. The van der Waals surface area contributed by atoms with Gasteiger partial charge < -0.3 is 0 Å². The molecule has 2 atom stereocenters. The van der Waals surface area contributed by atoms with E-state index in [1.807, 2.05) is 24.3 Å².